The van der Waals surface area contributed by atoms with E-state index in [-0.39, 0.29) is 0 Å². The fourth-order valence-electron chi connectivity index (χ4n) is 0.927. The summed E-state index contributed by atoms with van der Waals surface area (Å²) in [6.07, 6.45) is -19.3. The summed E-state index contributed by atoms with van der Waals surface area (Å²) in [5.74, 6) is -18.1. The van der Waals surface area contributed by atoms with Crippen LogP contribution >= 0.6 is 0 Å². The molecule has 0 atom stereocenters. The third-order valence-corrected chi connectivity index (χ3v) is 2.51. The van der Waals surface area contributed by atoms with Gasteiger partial charge in [0.05, 0.1) is 0 Å². The first-order valence-electron chi connectivity index (χ1n) is 6.20. The Morgan fingerprint density at radius 2 is 0.607 bits per heavy atom. The lowest BCUT2D eigenvalue weighted by atomic mass is 10.1. The van der Waals surface area contributed by atoms with E-state index in [1.54, 1.807) is 0 Å². The van der Waals surface area contributed by atoms with Crippen LogP contribution in [0, 0.1) is 0 Å². The molecule has 0 spiro atoms. The monoisotopic (exact) mass is 458 g/mol. The molecule has 0 aromatic heterocycles. The zero-order valence-electron chi connectivity index (χ0n) is 12.6. The van der Waals surface area contributed by atoms with Gasteiger partial charge in [-0.25, -0.2) is 13.2 Å². The van der Waals surface area contributed by atoms with Crippen LogP contribution in [0.2, 0.25) is 0 Å². The Labute approximate surface area is 144 Å². The number of alkyl halides is 15. The lowest BCUT2D eigenvalue weighted by Gasteiger charge is -2.32. The summed E-state index contributed by atoms with van der Waals surface area (Å²) in [6.45, 7) is -10.1. The van der Waals surface area contributed by atoms with Gasteiger partial charge in [0.1, 0.15) is 0 Å². The van der Waals surface area contributed by atoms with Crippen LogP contribution in [0.25, 0.3) is 0 Å². The largest absolute Gasteiger partial charge is 0.652 e. The molecular formula is C9H6BF15O3. The molecule has 0 amide bonds. The summed E-state index contributed by atoms with van der Waals surface area (Å²) in [7, 11) is -4.92. The molecular weight excluding hydrogens is 452 g/mol. The average Bonchev–Trinajstić information content (AvgIpc) is 2.52. The van der Waals surface area contributed by atoms with Gasteiger partial charge in [0.15, 0.2) is 20.0 Å². The molecule has 0 aliphatic heterocycles. The van der Waals surface area contributed by atoms with Crippen LogP contribution in [-0.2, 0) is 14.0 Å². The normalized spacial score (nSPS) is 15.1. The van der Waals surface area contributed by atoms with Crippen molar-refractivity contribution in [3.05, 3.63) is 0 Å². The van der Waals surface area contributed by atoms with Gasteiger partial charge in [-0.1, -0.05) is 0 Å². The minimum Gasteiger partial charge on any atom is -0.322 e. The van der Waals surface area contributed by atoms with Gasteiger partial charge in [0, 0.05) is 0 Å². The Morgan fingerprint density at radius 1 is 0.429 bits per heavy atom. The minimum atomic E-state index is -6.45. The molecule has 0 unspecified atom stereocenters. The topological polar surface area (TPSA) is 27.7 Å². The van der Waals surface area contributed by atoms with Gasteiger partial charge in [-0.05, 0) is 0 Å². The van der Waals surface area contributed by atoms with Crippen molar-refractivity contribution in [2.24, 2.45) is 0 Å². The molecule has 0 heterocycles. The van der Waals surface area contributed by atoms with Crippen LogP contribution in [-0.4, -0.2) is 63.4 Å². The molecule has 0 fully saturated rings. The molecule has 3 nitrogen and oxygen atoms in total. The van der Waals surface area contributed by atoms with E-state index in [4.69, 9.17) is 0 Å². The van der Waals surface area contributed by atoms with Gasteiger partial charge in [-0.3, -0.25) is 0 Å². The first kappa shape index (κ1) is 26.9. The zero-order chi connectivity index (χ0) is 22.8. The standard InChI is InChI=1S/C9H6BF15O3/c11-1-4(14,15)7(20,21)26-10(27-8(22,23)5(16,17)2-12)28-9(24,25)6(18,19)3-13/h1-3H2. The summed E-state index contributed by atoms with van der Waals surface area (Å²) in [6, 6.07) is 0. The first-order valence-corrected chi connectivity index (χ1v) is 6.20. The van der Waals surface area contributed by atoms with E-state index < -0.39 is 63.4 Å². The molecule has 0 radical (unpaired) electrons. The van der Waals surface area contributed by atoms with E-state index >= 15 is 0 Å². The molecule has 0 saturated heterocycles. The quantitative estimate of drug-likeness (QED) is 0.316. The molecule has 19 heteroatoms. The molecule has 168 valence electrons. The highest BCUT2D eigenvalue weighted by Crippen LogP contribution is 2.43. The van der Waals surface area contributed by atoms with E-state index in [1.165, 1.54) is 0 Å². The van der Waals surface area contributed by atoms with Crippen LogP contribution in [0.3, 0.4) is 0 Å². The van der Waals surface area contributed by atoms with Crippen molar-refractivity contribution < 1.29 is 79.8 Å². The summed E-state index contributed by atoms with van der Waals surface area (Å²) < 4.78 is 196. The van der Waals surface area contributed by atoms with Crippen molar-refractivity contribution in [2.75, 3.05) is 20.0 Å². The van der Waals surface area contributed by atoms with Gasteiger partial charge >= 0.3 is 43.4 Å². The summed E-state index contributed by atoms with van der Waals surface area (Å²) in [4.78, 5) is 0. The Hall–Kier alpha value is -1.11. The van der Waals surface area contributed by atoms with E-state index in [9.17, 15) is 65.9 Å². The van der Waals surface area contributed by atoms with Crippen molar-refractivity contribution in [3.63, 3.8) is 0 Å². The van der Waals surface area contributed by atoms with Crippen molar-refractivity contribution >= 4 is 7.32 Å². The molecule has 0 aliphatic carbocycles. The van der Waals surface area contributed by atoms with Gasteiger partial charge in [0.2, 0.25) is 0 Å². The fourth-order valence-corrected chi connectivity index (χ4v) is 0.927. The van der Waals surface area contributed by atoms with E-state index in [0.717, 1.165) is 0 Å². The number of hydrogen-bond acceptors (Lipinski definition) is 3. The molecule has 0 bridgehead atoms. The minimum absolute atomic E-state index is 2.41. The first-order chi connectivity index (χ1) is 12.2. The SMILES string of the molecule is FCC(F)(F)C(F)(F)OB(OC(F)(F)C(F)(F)CF)OC(F)(F)C(F)(F)CF. The van der Waals surface area contributed by atoms with Crippen molar-refractivity contribution in [1.82, 2.24) is 0 Å². The molecule has 28 heavy (non-hydrogen) atoms. The van der Waals surface area contributed by atoms with Crippen LogP contribution in [0.1, 0.15) is 0 Å². The van der Waals surface area contributed by atoms with Gasteiger partial charge < -0.3 is 14.0 Å². The van der Waals surface area contributed by atoms with Crippen LogP contribution in [0.4, 0.5) is 65.9 Å². The summed E-state index contributed by atoms with van der Waals surface area (Å²) in [5, 5.41) is 0. The van der Waals surface area contributed by atoms with Crippen LogP contribution in [0.5, 0.6) is 0 Å². The maximum atomic E-state index is 13.0. The lowest BCUT2D eigenvalue weighted by molar-refractivity contribution is -0.377. The Balaban J connectivity index is 5.94. The molecule has 0 N–H and O–H groups in total. The molecule has 0 aromatic rings. The fraction of sp³-hybridized carbons (Fsp3) is 1.00. The highest BCUT2D eigenvalue weighted by atomic mass is 19.3. The average molecular weight is 458 g/mol. The van der Waals surface area contributed by atoms with Gasteiger partial charge in [0.25, 0.3) is 0 Å². The Morgan fingerprint density at radius 3 is 0.750 bits per heavy atom. The zero-order valence-corrected chi connectivity index (χ0v) is 12.6. The third kappa shape index (κ3) is 5.71. The second kappa shape index (κ2) is 8.33. The van der Waals surface area contributed by atoms with Crippen LogP contribution in [0.15, 0.2) is 0 Å². The predicted molar refractivity (Wildman–Crippen MR) is 56.6 cm³/mol. The van der Waals surface area contributed by atoms with Crippen LogP contribution < -0.4 is 0 Å². The highest BCUT2D eigenvalue weighted by Gasteiger charge is 2.68. The second-order valence-corrected chi connectivity index (χ2v) is 4.71. The highest BCUT2D eigenvalue weighted by molar-refractivity contribution is 6.36. The smallest absolute Gasteiger partial charge is 0.322 e. The maximum absolute atomic E-state index is 13.0. The summed E-state index contributed by atoms with van der Waals surface area (Å²) in [5.41, 5.74) is 0. The number of hydrogen-bond donors (Lipinski definition) is 0. The predicted octanol–water partition coefficient (Wildman–Crippen LogP) is 4.61. The van der Waals surface area contributed by atoms with Gasteiger partial charge in [-0.2, -0.15) is 52.7 Å². The third-order valence-electron chi connectivity index (χ3n) is 2.51. The molecule has 0 aromatic carbocycles. The second-order valence-electron chi connectivity index (χ2n) is 4.71. The van der Waals surface area contributed by atoms with E-state index in [2.05, 4.69) is 14.0 Å². The van der Waals surface area contributed by atoms with E-state index in [1.807, 2.05) is 0 Å². The summed E-state index contributed by atoms with van der Waals surface area (Å²) >= 11 is 0. The van der Waals surface area contributed by atoms with E-state index in [0.29, 0.717) is 0 Å². The molecule has 0 aliphatic rings. The number of halogens is 15. The van der Waals surface area contributed by atoms with Crippen molar-refractivity contribution in [2.45, 2.75) is 36.1 Å². The number of rotatable bonds is 12. The van der Waals surface area contributed by atoms with Gasteiger partial charge in [-0.15, -0.1) is 0 Å². The van der Waals surface area contributed by atoms with Crippen molar-refractivity contribution in [3.8, 4) is 0 Å². The maximum Gasteiger partial charge on any atom is 0.652 e. The lowest BCUT2D eigenvalue weighted by Crippen LogP contribution is -2.57. The van der Waals surface area contributed by atoms with Crippen molar-refractivity contribution in [1.29, 1.82) is 0 Å². The molecule has 0 saturated carbocycles. The Kier molecular flexibility index (Phi) is 8.00. The molecule has 0 rings (SSSR count). The Bertz CT molecular complexity index is 442.